The Morgan fingerprint density at radius 2 is 2.04 bits per heavy atom. The first-order chi connectivity index (χ1) is 11.7. The molecule has 1 aromatic heterocycles. The van der Waals surface area contributed by atoms with Gasteiger partial charge in [0.1, 0.15) is 0 Å². The average molecular weight is 344 g/mol. The highest BCUT2D eigenvalue weighted by atomic mass is 32.1. The number of hydrogen-bond acceptors (Lipinski definition) is 5. The Morgan fingerprint density at radius 3 is 2.79 bits per heavy atom. The SMILES string of the molecule is Cc1ccc(CNC(=O)CN2CCCN(c3nccs3)CC2)cc1. The molecule has 1 amide bonds. The summed E-state index contributed by atoms with van der Waals surface area (Å²) in [5.41, 5.74) is 2.37. The Kier molecular flexibility index (Phi) is 5.82. The Labute approximate surface area is 147 Å². The molecule has 3 rings (SSSR count). The molecule has 2 heterocycles. The quantitative estimate of drug-likeness (QED) is 0.904. The third-order valence-corrected chi connectivity index (χ3v) is 5.09. The van der Waals surface area contributed by atoms with Crippen molar-refractivity contribution >= 4 is 22.4 Å². The summed E-state index contributed by atoms with van der Waals surface area (Å²) in [6, 6.07) is 8.27. The van der Waals surface area contributed by atoms with Gasteiger partial charge in [-0.1, -0.05) is 29.8 Å². The Morgan fingerprint density at radius 1 is 1.21 bits per heavy atom. The highest BCUT2D eigenvalue weighted by Gasteiger charge is 2.18. The van der Waals surface area contributed by atoms with Crippen molar-refractivity contribution < 1.29 is 4.79 Å². The molecule has 24 heavy (non-hydrogen) atoms. The van der Waals surface area contributed by atoms with E-state index in [2.05, 4.69) is 51.3 Å². The van der Waals surface area contributed by atoms with Gasteiger partial charge in [-0.25, -0.2) is 4.98 Å². The minimum Gasteiger partial charge on any atom is -0.351 e. The van der Waals surface area contributed by atoms with E-state index in [1.165, 1.54) is 5.56 Å². The summed E-state index contributed by atoms with van der Waals surface area (Å²) in [6.45, 7) is 6.93. The number of aryl methyl sites for hydroxylation is 1. The number of carbonyl (C=O) groups excluding carboxylic acids is 1. The summed E-state index contributed by atoms with van der Waals surface area (Å²) < 4.78 is 0. The number of aromatic nitrogens is 1. The van der Waals surface area contributed by atoms with Crippen LogP contribution in [-0.4, -0.2) is 48.5 Å². The molecular formula is C18H24N4OS. The number of nitrogens with zero attached hydrogens (tertiary/aromatic N) is 3. The van der Waals surface area contributed by atoms with Gasteiger partial charge >= 0.3 is 0 Å². The van der Waals surface area contributed by atoms with E-state index in [9.17, 15) is 4.79 Å². The molecule has 6 heteroatoms. The topological polar surface area (TPSA) is 48.5 Å². The lowest BCUT2D eigenvalue weighted by molar-refractivity contribution is -0.122. The molecule has 0 saturated carbocycles. The third-order valence-electron chi connectivity index (χ3n) is 4.26. The number of hydrogen-bond donors (Lipinski definition) is 1. The maximum atomic E-state index is 12.2. The standard InChI is InChI=1S/C18H24N4OS/c1-15-3-5-16(6-4-15)13-20-17(23)14-21-8-2-9-22(11-10-21)18-19-7-12-24-18/h3-7,12H,2,8-11,13-14H2,1H3,(H,20,23). The van der Waals surface area contributed by atoms with E-state index < -0.39 is 0 Å². The molecule has 0 aliphatic carbocycles. The van der Waals surface area contributed by atoms with Crippen LogP contribution in [0.25, 0.3) is 0 Å². The fraction of sp³-hybridized carbons (Fsp3) is 0.444. The van der Waals surface area contributed by atoms with Crippen LogP contribution in [0.2, 0.25) is 0 Å². The minimum absolute atomic E-state index is 0.0956. The predicted octanol–water partition coefficient (Wildman–Crippen LogP) is 2.28. The van der Waals surface area contributed by atoms with Gasteiger partial charge in [-0.15, -0.1) is 11.3 Å². The molecule has 0 atom stereocenters. The fourth-order valence-corrected chi connectivity index (χ4v) is 3.55. The Hall–Kier alpha value is -1.92. The lowest BCUT2D eigenvalue weighted by Gasteiger charge is -2.21. The molecule has 2 aromatic rings. The average Bonchev–Trinajstić information content (AvgIpc) is 3.02. The molecule has 1 aromatic carbocycles. The smallest absolute Gasteiger partial charge is 0.234 e. The van der Waals surface area contributed by atoms with Crippen LogP contribution in [0, 0.1) is 6.92 Å². The molecule has 1 aliphatic rings. The lowest BCUT2D eigenvalue weighted by Crippen LogP contribution is -2.39. The summed E-state index contributed by atoms with van der Waals surface area (Å²) in [7, 11) is 0. The van der Waals surface area contributed by atoms with Crippen molar-refractivity contribution in [2.75, 3.05) is 37.6 Å². The monoisotopic (exact) mass is 344 g/mol. The number of benzene rings is 1. The van der Waals surface area contributed by atoms with Gasteiger partial charge in [-0.3, -0.25) is 9.69 Å². The summed E-state index contributed by atoms with van der Waals surface area (Å²) in [4.78, 5) is 21.1. The number of carbonyl (C=O) groups is 1. The highest BCUT2D eigenvalue weighted by molar-refractivity contribution is 7.13. The van der Waals surface area contributed by atoms with Gasteiger partial charge < -0.3 is 10.2 Å². The molecule has 1 aliphatic heterocycles. The van der Waals surface area contributed by atoms with Crippen LogP contribution in [0.3, 0.4) is 0 Å². The number of thiazole rings is 1. The van der Waals surface area contributed by atoms with Crippen LogP contribution < -0.4 is 10.2 Å². The van der Waals surface area contributed by atoms with Crippen LogP contribution >= 0.6 is 11.3 Å². The summed E-state index contributed by atoms with van der Waals surface area (Å²) in [5.74, 6) is 0.0956. The van der Waals surface area contributed by atoms with Gasteiger partial charge in [0.2, 0.25) is 5.91 Å². The van der Waals surface area contributed by atoms with Gasteiger partial charge in [0, 0.05) is 44.3 Å². The van der Waals surface area contributed by atoms with Gasteiger partial charge in [-0.05, 0) is 18.9 Å². The molecule has 1 fully saturated rings. The van der Waals surface area contributed by atoms with E-state index in [1.807, 2.05) is 11.6 Å². The molecule has 0 unspecified atom stereocenters. The minimum atomic E-state index is 0.0956. The van der Waals surface area contributed by atoms with E-state index in [4.69, 9.17) is 0 Å². The van der Waals surface area contributed by atoms with Crippen molar-refractivity contribution in [1.29, 1.82) is 0 Å². The second-order valence-electron chi connectivity index (χ2n) is 6.19. The van der Waals surface area contributed by atoms with Crippen LogP contribution in [-0.2, 0) is 11.3 Å². The van der Waals surface area contributed by atoms with Crippen molar-refractivity contribution in [2.45, 2.75) is 19.9 Å². The van der Waals surface area contributed by atoms with Crippen LogP contribution in [0.15, 0.2) is 35.8 Å². The largest absolute Gasteiger partial charge is 0.351 e. The number of amides is 1. The fourth-order valence-electron chi connectivity index (χ4n) is 2.86. The predicted molar refractivity (Wildman–Crippen MR) is 98.4 cm³/mol. The normalized spacial score (nSPS) is 16.0. The molecule has 0 bridgehead atoms. The molecule has 0 spiro atoms. The van der Waals surface area contributed by atoms with Crippen molar-refractivity contribution in [1.82, 2.24) is 15.2 Å². The lowest BCUT2D eigenvalue weighted by atomic mass is 10.1. The van der Waals surface area contributed by atoms with Crippen LogP contribution in [0.5, 0.6) is 0 Å². The first-order valence-corrected chi connectivity index (χ1v) is 9.28. The van der Waals surface area contributed by atoms with Gasteiger partial charge in [0.25, 0.3) is 0 Å². The zero-order valence-electron chi connectivity index (χ0n) is 14.1. The first-order valence-electron chi connectivity index (χ1n) is 8.40. The summed E-state index contributed by atoms with van der Waals surface area (Å²) in [6.07, 6.45) is 2.91. The van der Waals surface area contributed by atoms with Gasteiger partial charge in [0.05, 0.1) is 6.54 Å². The van der Waals surface area contributed by atoms with Crippen molar-refractivity contribution in [3.63, 3.8) is 0 Å². The summed E-state index contributed by atoms with van der Waals surface area (Å²) >= 11 is 1.68. The molecular weight excluding hydrogens is 320 g/mol. The van der Waals surface area contributed by atoms with Gasteiger partial charge in [0.15, 0.2) is 5.13 Å². The molecule has 5 nitrogen and oxygen atoms in total. The van der Waals surface area contributed by atoms with E-state index in [-0.39, 0.29) is 5.91 Å². The second kappa shape index (κ2) is 8.26. The van der Waals surface area contributed by atoms with Crippen LogP contribution in [0.1, 0.15) is 17.5 Å². The number of anilines is 1. The molecule has 0 radical (unpaired) electrons. The van der Waals surface area contributed by atoms with Gasteiger partial charge in [-0.2, -0.15) is 0 Å². The van der Waals surface area contributed by atoms with E-state index in [1.54, 1.807) is 11.3 Å². The molecule has 1 N–H and O–H groups in total. The molecule has 1 saturated heterocycles. The Bertz CT molecular complexity index is 642. The second-order valence-corrected chi connectivity index (χ2v) is 7.07. The zero-order chi connectivity index (χ0) is 16.8. The van der Waals surface area contributed by atoms with E-state index >= 15 is 0 Å². The van der Waals surface area contributed by atoms with Crippen molar-refractivity contribution in [3.8, 4) is 0 Å². The third kappa shape index (κ3) is 4.79. The number of nitrogens with one attached hydrogen (secondary N) is 1. The van der Waals surface area contributed by atoms with Crippen LogP contribution in [0.4, 0.5) is 5.13 Å². The zero-order valence-corrected chi connectivity index (χ0v) is 14.9. The van der Waals surface area contributed by atoms with E-state index in [0.717, 1.165) is 43.3 Å². The Balaban J connectivity index is 1.43. The molecule has 128 valence electrons. The van der Waals surface area contributed by atoms with Crippen molar-refractivity contribution in [2.24, 2.45) is 0 Å². The maximum Gasteiger partial charge on any atom is 0.234 e. The first kappa shape index (κ1) is 16.9. The highest BCUT2D eigenvalue weighted by Crippen LogP contribution is 2.18. The maximum absolute atomic E-state index is 12.2. The summed E-state index contributed by atoms with van der Waals surface area (Å²) in [5, 5.41) is 6.11. The van der Waals surface area contributed by atoms with Crippen molar-refractivity contribution in [3.05, 3.63) is 47.0 Å². The number of rotatable bonds is 5. The van der Waals surface area contributed by atoms with E-state index in [0.29, 0.717) is 13.1 Å².